The molecule has 19 heavy (non-hydrogen) atoms. The molecule has 0 amide bonds. The number of carboxylic acid groups (broad SMARTS) is 1. The second-order valence-corrected chi connectivity index (χ2v) is 6.20. The maximum absolute atomic E-state index is 12.1. The summed E-state index contributed by atoms with van der Waals surface area (Å²) in [6, 6.07) is 4.94. The molecule has 1 heterocycles. The Morgan fingerprint density at radius 3 is 2.68 bits per heavy atom. The van der Waals surface area contributed by atoms with E-state index in [1.165, 1.54) is 7.11 Å². The summed E-state index contributed by atoms with van der Waals surface area (Å²) in [5.41, 5.74) is 1.05. The molecule has 1 aromatic rings. The van der Waals surface area contributed by atoms with Gasteiger partial charge in [0.2, 0.25) is 9.84 Å². The average molecular weight is 282 g/mol. The van der Waals surface area contributed by atoms with E-state index in [0.717, 1.165) is 5.41 Å². The number of benzene rings is 1. The van der Waals surface area contributed by atoms with Crippen LogP contribution in [0.1, 0.15) is 18.9 Å². The van der Waals surface area contributed by atoms with E-state index in [9.17, 15) is 13.2 Å². The van der Waals surface area contributed by atoms with Crippen molar-refractivity contribution in [1.29, 1.82) is 0 Å². The first-order valence-electron chi connectivity index (χ1n) is 5.72. The largest absolute Gasteiger partial charge is 0.495 e. The molecule has 2 rings (SSSR count). The summed E-state index contributed by atoms with van der Waals surface area (Å²) in [5, 5.41) is 10.1. The topological polar surface area (TPSA) is 80.7 Å². The Morgan fingerprint density at radius 1 is 1.42 bits per heavy atom. The van der Waals surface area contributed by atoms with Crippen molar-refractivity contribution in [1.82, 2.24) is 0 Å². The number of hydrogen-bond donors (Lipinski definition) is 1. The molecule has 102 valence electrons. The van der Waals surface area contributed by atoms with E-state index in [4.69, 9.17) is 9.84 Å². The number of carboxylic acids is 1. The van der Waals surface area contributed by atoms with Crippen LogP contribution in [0.2, 0.25) is 0 Å². The van der Waals surface area contributed by atoms with E-state index in [1.54, 1.807) is 25.1 Å². The van der Waals surface area contributed by atoms with Gasteiger partial charge in [0.05, 0.1) is 13.0 Å². The second kappa shape index (κ2) is 4.70. The van der Waals surface area contributed by atoms with Gasteiger partial charge in [-0.2, -0.15) is 0 Å². The van der Waals surface area contributed by atoms with Crippen LogP contribution in [0.15, 0.2) is 28.5 Å². The molecule has 0 fully saturated rings. The van der Waals surface area contributed by atoms with Crippen LogP contribution in [0.3, 0.4) is 0 Å². The lowest BCUT2D eigenvalue weighted by atomic mass is 9.97. The summed E-state index contributed by atoms with van der Waals surface area (Å²) in [5.74, 6) is -1.31. The van der Waals surface area contributed by atoms with Gasteiger partial charge in [-0.1, -0.05) is 19.1 Å². The fraction of sp³-hybridized carbons (Fsp3) is 0.308. The SMILES string of the molecule is COc1cccc2c1S(=O)(=O)C=C2CC(C)C(=O)O. The number of methoxy groups -OCH3 is 1. The highest BCUT2D eigenvalue weighted by atomic mass is 32.2. The smallest absolute Gasteiger partial charge is 0.306 e. The van der Waals surface area contributed by atoms with Gasteiger partial charge in [0.25, 0.3) is 0 Å². The Bertz CT molecular complexity index is 658. The van der Waals surface area contributed by atoms with Gasteiger partial charge in [0, 0.05) is 11.0 Å². The highest BCUT2D eigenvalue weighted by molar-refractivity contribution is 7.95. The molecule has 0 spiro atoms. The van der Waals surface area contributed by atoms with Gasteiger partial charge in [0.1, 0.15) is 10.6 Å². The quantitative estimate of drug-likeness (QED) is 0.912. The van der Waals surface area contributed by atoms with Gasteiger partial charge in [-0.05, 0) is 18.1 Å². The van der Waals surface area contributed by atoms with E-state index < -0.39 is 21.7 Å². The normalized spacial score (nSPS) is 17.5. The number of ether oxygens (including phenoxy) is 1. The van der Waals surface area contributed by atoms with Gasteiger partial charge in [-0.15, -0.1) is 0 Å². The molecule has 0 bridgehead atoms. The molecule has 1 aliphatic rings. The Morgan fingerprint density at radius 2 is 2.11 bits per heavy atom. The molecule has 6 heteroatoms. The number of aliphatic carboxylic acids is 1. The molecule has 1 aliphatic heterocycles. The maximum atomic E-state index is 12.1. The molecule has 0 saturated carbocycles. The van der Waals surface area contributed by atoms with Crippen LogP contribution in [0.4, 0.5) is 0 Å². The Labute approximate surface area is 111 Å². The molecule has 0 aliphatic carbocycles. The number of hydrogen-bond acceptors (Lipinski definition) is 4. The van der Waals surface area contributed by atoms with Crippen molar-refractivity contribution in [3.05, 3.63) is 29.2 Å². The maximum Gasteiger partial charge on any atom is 0.306 e. The third-order valence-corrected chi connectivity index (χ3v) is 4.66. The highest BCUT2D eigenvalue weighted by Gasteiger charge is 2.31. The Hall–Kier alpha value is -1.82. The summed E-state index contributed by atoms with van der Waals surface area (Å²) in [4.78, 5) is 11.0. The van der Waals surface area contributed by atoms with Gasteiger partial charge in [0.15, 0.2) is 0 Å². The van der Waals surface area contributed by atoms with Crippen molar-refractivity contribution in [2.75, 3.05) is 7.11 Å². The molecule has 0 radical (unpaired) electrons. The average Bonchev–Trinajstić information content (AvgIpc) is 2.61. The molecule has 1 unspecified atom stereocenters. The van der Waals surface area contributed by atoms with Gasteiger partial charge >= 0.3 is 5.97 Å². The zero-order valence-electron chi connectivity index (χ0n) is 10.6. The molecule has 5 nitrogen and oxygen atoms in total. The number of allylic oxidation sites excluding steroid dienone is 1. The van der Waals surface area contributed by atoms with Gasteiger partial charge in [-0.25, -0.2) is 8.42 Å². The zero-order valence-corrected chi connectivity index (χ0v) is 11.4. The number of carbonyl (C=O) groups is 1. The lowest BCUT2D eigenvalue weighted by Gasteiger charge is -2.10. The number of sulfone groups is 1. The lowest BCUT2D eigenvalue weighted by Crippen LogP contribution is -2.09. The van der Waals surface area contributed by atoms with Crippen molar-refractivity contribution in [2.24, 2.45) is 5.92 Å². The van der Waals surface area contributed by atoms with Crippen LogP contribution >= 0.6 is 0 Å². The van der Waals surface area contributed by atoms with Crippen LogP contribution in [0, 0.1) is 5.92 Å². The van der Waals surface area contributed by atoms with Crippen LogP contribution < -0.4 is 4.74 Å². The first kappa shape index (κ1) is 13.6. The molecular formula is C13H14O5S. The number of fused-ring (bicyclic) bond motifs is 1. The Balaban J connectivity index is 2.50. The van der Waals surface area contributed by atoms with E-state index in [0.29, 0.717) is 11.1 Å². The highest BCUT2D eigenvalue weighted by Crippen LogP contribution is 2.41. The minimum atomic E-state index is -3.55. The second-order valence-electron chi connectivity index (χ2n) is 4.47. The third-order valence-electron chi connectivity index (χ3n) is 3.07. The summed E-state index contributed by atoms with van der Waals surface area (Å²) in [7, 11) is -2.14. The van der Waals surface area contributed by atoms with Gasteiger partial charge < -0.3 is 9.84 Å². The summed E-state index contributed by atoms with van der Waals surface area (Å²) >= 11 is 0. The fourth-order valence-corrected chi connectivity index (χ4v) is 3.76. The van der Waals surface area contributed by atoms with Crippen molar-refractivity contribution in [3.63, 3.8) is 0 Å². The van der Waals surface area contributed by atoms with Crippen LogP contribution in [-0.2, 0) is 14.6 Å². The minimum Gasteiger partial charge on any atom is -0.495 e. The summed E-state index contributed by atoms with van der Waals surface area (Å²) in [6.07, 6.45) is 0.175. The van der Waals surface area contributed by atoms with Crippen molar-refractivity contribution >= 4 is 21.4 Å². The zero-order chi connectivity index (χ0) is 14.2. The minimum absolute atomic E-state index is 0.130. The molecule has 0 aromatic heterocycles. The first-order chi connectivity index (χ1) is 8.86. The molecule has 0 saturated heterocycles. The fourth-order valence-electron chi connectivity index (χ4n) is 2.11. The van der Waals surface area contributed by atoms with E-state index >= 15 is 0 Å². The van der Waals surface area contributed by atoms with E-state index in [2.05, 4.69) is 0 Å². The molecule has 1 N–H and O–H groups in total. The number of rotatable bonds is 4. The molecule has 1 aromatic carbocycles. The van der Waals surface area contributed by atoms with Crippen LogP contribution in [0.5, 0.6) is 5.75 Å². The van der Waals surface area contributed by atoms with Crippen LogP contribution in [-0.4, -0.2) is 26.6 Å². The molecule has 1 atom stereocenters. The standard InChI is InChI=1S/C13H14O5S/c1-8(13(14)15)6-9-7-19(16,17)12-10(9)4-3-5-11(12)18-2/h3-5,7-8H,6H2,1-2H3,(H,14,15). The van der Waals surface area contributed by atoms with Crippen molar-refractivity contribution in [2.45, 2.75) is 18.2 Å². The van der Waals surface area contributed by atoms with Gasteiger partial charge in [-0.3, -0.25) is 4.79 Å². The molecular weight excluding hydrogens is 268 g/mol. The predicted octanol–water partition coefficient (Wildman–Crippen LogP) is 1.93. The monoisotopic (exact) mass is 282 g/mol. The third kappa shape index (κ3) is 2.35. The van der Waals surface area contributed by atoms with E-state index in [-0.39, 0.29) is 17.1 Å². The Kier molecular flexibility index (Phi) is 3.36. The van der Waals surface area contributed by atoms with Crippen molar-refractivity contribution < 1.29 is 23.1 Å². The van der Waals surface area contributed by atoms with Crippen molar-refractivity contribution in [3.8, 4) is 5.75 Å². The first-order valence-corrected chi connectivity index (χ1v) is 7.27. The van der Waals surface area contributed by atoms with Crippen LogP contribution in [0.25, 0.3) is 5.57 Å². The lowest BCUT2D eigenvalue weighted by molar-refractivity contribution is -0.140. The predicted molar refractivity (Wildman–Crippen MR) is 69.6 cm³/mol. The summed E-state index contributed by atoms with van der Waals surface area (Å²) < 4.78 is 29.2. The van der Waals surface area contributed by atoms with E-state index in [1.807, 2.05) is 0 Å². The summed E-state index contributed by atoms with van der Waals surface area (Å²) in [6.45, 7) is 1.55.